The van der Waals surface area contributed by atoms with Crippen LogP contribution in [0.2, 0.25) is 0 Å². The number of carbonyl (C=O) groups excluding carboxylic acids is 2. The van der Waals surface area contributed by atoms with Crippen molar-refractivity contribution in [2.45, 2.75) is 19.9 Å². The molecule has 0 saturated carbocycles. The Hall–Kier alpha value is -2.88. The highest BCUT2D eigenvalue weighted by Crippen LogP contribution is 2.28. The molecule has 0 radical (unpaired) electrons. The summed E-state index contributed by atoms with van der Waals surface area (Å²) < 4.78 is 9.97. The van der Waals surface area contributed by atoms with Gasteiger partial charge in [-0.2, -0.15) is 0 Å². The van der Waals surface area contributed by atoms with Gasteiger partial charge < -0.3 is 19.7 Å². The van der Waals surface area contributed by atoms with Gasteiger partial charge in [-0.15, -0.1) is 0 Å². The minimum Gasteiger partial charge on any atom is -0.496 e. The summed E-state index contributed by atoms with van der Waals surface area (Å²) in [5, 5.41) is 13.9. The van der Waals surface area contributed by atoms with Crippen LogP contribution < -0.4 is 15.0 Å². The van der Waals surface area contributed by atoms with Gasteiger partial charge in [-0.1, -0.05) is 0 Å². The molecule has 1 aliphatic rings. The number of methoxy groups -OCH3 is 1. The molecule has 0 aromatic heterocycles. The molecular weight excluding hydrogens is 356 g/mol. The molecule has 2 rings (SSSR count). The monoisotopic (exact) mass is 381 g/mol. The van der Waals surface area contributed by atoms with E-state index in [9.17, 15) is 19.7 Å². The van der Waals surface area contributed by atoms with Gasteiger partial charge in [-0.3, -0.25) is 19.8 Å². The highest BCUT2D eigenvalue weighted by atomic mass is 16.6. The van der Waals surface area contributed by atoms with Crippen LogP contribution in [0.5, 0.6) is 5.75 Å². The van der Waals surface area contributed by atoms with Crippen LogP contribution in [-0.2, 0) is 9.53 Å². The Morgan fingerprint density at radius 3 is 2.59 bits per heavy atom. The summed E-state index contributed by atoms with van der Waals surface area (Å²) in [4.78, 5) is 37.6. The minimum absolute atomic E-state index is 0.127. The molecule has 10 nitrogen and oxygen atoms in total. The van der Waals surface area contributed by atoms with Crippen LogP contribution in [0.1, 0.15) is 13.8 Å². The van der Waals surface area contributed by atoms with Crippen molar-refractivity contribution in [3.8, 4) is 5.75 Å². The molecule has 10 heteroatoms. The van der Waals surface area contributed by atoms with Crippen LogP contribution in [0.15, 0.2) is 18.2 Å². The number of hydrogen-bond donors (Lipinski definition) is 2. The van der Waals surface area contributed by atoms with Crippen LogP contribution in [0, 0.1) is 10.1 Å². The highest BCUT2D eigenvalue weighted by molar-refractivity contribution is 5.95. The van der Waals surface area contributed by atoms with Crippen LogP contribution in [-0.4, -0.2) is 67.8 Å². The first-order valence-electron chi connectivity index (χ1n) is 8.77. The number of nitrogens with one attached hydrogen (secondary N) is 2. The lowest BCUT2D eigenvalue weighted by atomic mass is 10.2. The number of nitro groups is 1. The number of nitro benzene ring substituents is 1. The van der Waals surface area contributed by atoms with E-state index in [2.05, 4.69) is 5.32 Å². The van der Waals surface area contributed by atoms with Crippen molar-refractivity contribution in [1.29, 1.82) is 0 Å². The van der Waals surface area contributed by atoms with E-state index in [1.807, 2.05) is 0 Å². The largest absolute Gasteiger partial charge is 0.496 e. The Kier molecular flexibility index (Phi) is 6.94. The number of hydrogen-bond acceptors (Lipinski definition) is 6. The third-order valence-corrected chi connectivity index (χ3v) is 4.60. The number of carbonyl (C=O) groups is 2. The number of piperazine rings is 1. The second-order valence-electron chi connectivity index (χ2n) is 6.20. The van der Waals surface area contributed by atoms with Gasteiger partial charge in [0.05, 0.1) is 50.9 Å². The molecule has 1 aromatic carbocycles. The normalized spacial score (nSPS) is 15.7. The second kappa shape index (κ2) is 9.17. The van der Waals surface area contributed by atoms with Crippen LogP contribution in [0.4, 0.5) is 16.2 Å². The van der Waals surface area contributed by atoms with Crippen LogP contribution >= 0.6 is 0 Å². The molecule has 0 unspecified atom stereocenters. The Balaban J connectivity index is 1.99. The molecule has 1 heterocycles. The van der Waals surface area contributed by atoms with E-state index >= 15 is 0 Å². The number of amides is 2. The lowest BCUT2D eigenvalue weighted by molar-refractivity contribution is -0.917. The molecule has 1 aromatic rings. The minimum atomic E-state index is -0.562. The summed E-state index contributed by atoms with van der Waals surface area (Å²) in [5.74, 6) is 0.0244. The predicted molar refractivity (Wildman–Crippen MR) is 97.0 cm³/mol. The first-order chi connectivity index (χ1) is 12.9. The van der Waals surface area contributed by atoms with E-state index in [0.717, 1.165) is 4.90 Å². The fourth-order valence-electron chi connectivity index (χ4n) is 2.95. The zero-order chi connectivity index (χ0) is 20.0. The average molecular weight is 381 g/mol. The molecule has 27 heavy (non-hydrogen) atoms. The predicted octanol–water partition coefficient (Wildman–Crippen LogP) is 0.287. The molecule has 0 bridgehead atoms. The van der Waals surface area contributed by atoms with E-state index in [-0.39, 0.29) is 23.4 Å². The van der Waals surface area contributed by atoms with E-state index in [1.54, 1.807) is 24.8 Å². The number of anilines is 1. The molecule has 2 amide bonds. The second-order valence-corrected chi connectivity index (χ2v) is 6.20. The zero-order valence-corrected chi connectivity index (χ0v) is 15.7. The van der Waals surface area contributed by atoms with E-state index in [4.69, 9.17) is 9.47 Å². The van der Waals surface area contributed by atoms with Crippen molar-refractivity contribution < 1.29 is 28.9 Å². The third kappa shape index (κ3) is 5.07. The highest BCUT2D eigenvalue weighted by Gasteiger charge is 2.32. The van der Waals surface area contributed by atoms with Gasteiger partial charge in [-0.05, 0) is 26.0 Å². The number of benzene rings is 1. The smallest absolute Gasteiger partial charge is 0.410 e. The first kappa shape index (κ1) is 20.4. The summed E-state index contributed by atoms with van der Waals surface area (Å²) in [7, 11) is 1.42. The standard InChI is InChI=1S/C17H24N4O6/c1-4-27-17(23)20-9-7-19(8-10-20)12(2)16(22)18-14-6-5-13(26-3)11-15(14)21(24)25/h5-6,11-12H,4,7-10H2,1-3H3,(H,18,22)/p+1/t12-/m0/s1. The van der Waals surface area contributed by atoms with Gasteiger partial charge in [0.25, 0.3) is 11.6 Å². The lowest BCUT2D eigenvalue weighted by Crippen LogP contribution is -3.19. The maximum Gasteiger partial charge on any atom is 0.410 e. The van der Waals surface area contributed by atoms with E-state index in [1.165, 1.54) is 19.2 Å². The summed E-state index contributed by atoms with van der Waals surface area (Å²) >= 11 is 0. The maximum absolute atomic E-state index is 12.6. The fraction of sp³-hybridized carbons (Fsp3) is 0.529. The zero-order valence-electron chi connectivity index (χ0n) is 15.7. The maximum atomic E-state index is 12.6. The Labute approximate surface area is 157 Å². The quantitative estimate of drug-likeness (QED) is 0.540. The molecule has 1 saturated heterocycles. The summed E-state index contributed by atoms with van der Waals surface area (Å²) in [5.41, 5.74) is -0.0979. The molecular formula is C17H25N4O6+. The van der Waals surface area contributed by atoms with Crippen molar-refractivity contribution in [2.75, 3.05) is 45.2 Å². The number of quaternary nitrogens is 1. The Bertz CT molecular complexity index is 703. The lowest BCUT2D eigenvalue weighted by Gasteiger charge is -2.34. The van der Waals surface area contributed by atoms with Crippen molar-refractivity contribution in [3.63, 3.8) is 0 Å². The SMILES string of the molecule is CCOC(=O)N1CC[NH+]([C@@H](C)C(=O)Nc2ccc(OC)cc2[N+](=O)[O-])CC1. The van der Waals surface area contributed by atoms with Gasteiger partial charge >= 0.3 is 6.09 Å². The Morgan fingerprint density at radius 2 is 2.04 bits per heavy atom. The first-order valence-corrected chi connectivity index (χ1v) is 8.77. The van der Waals surface area contributed by atoms with Crippen molar-refractivity contribution in [1.82, 2.24) is 4.90 Å². The van der Waals surface area contributed by atoms with Gasteiger partial charge in [0, 0.05) is 0 Å². The molecule has 1 fully saturated rings. The number of ether oxygens (including phenoxy) is 2. The van der Waals surface area contributed by atoms with Gasteiger partial charge in [0.2, 0.25) is 0 Å². The molecule has 1 atom stereocenters. The van der Waals surface area contributed by atoms with Crippen molar-refractivity contribution >= 4 is 23.4 Å². The molecule has 0 spiro atoms. The third-order valence-electron chi connectivity index (χ3n) is 4.60. The van der Waals surface area contributed by atoms with Crippen LogP contribution in [0.3, 0.4) is 0 Å². The molecule has 0 aliphatic carbocycles. The van der Waals surface area contributed by atoms with E-state index in [0.29, 0.717) is 38.5 Å². The van der Waals surface area contributed by atoms with Gasteiger partial charge in [-0.25, -0.2) is 4.79 Å². The number of nitrogens with zero attached hydrogens (tertiary/aromatic N) is 2. The van der Waals surface area contributed by atoms with Crippen molar-refractivity contribution in [2.24, 2.45) is 0 Å². The number of rotatable bonds is 6. The van der Waals surface area contributed by atoms with Gasteiger partial charge in [0.15, 0.2) is 6.04 Å². The van der Waals surface area contributed by atoms with E-state index < -0.39 is 11.0 Å². The average Bonchev–Trinajstić information content (AvgIpc) is 2.67. The van der Waals surface area contributed by atoms with Gasteiger partial charge in [0.1, 0.15) is 11.4 Å². The topological polar surface area (TPSA) is 115 Å². The molecule has 2 N–H and O–H groups in total. The summed E-state index contributed by atoms with van der Waals surface area (Å²) in [6.45, 7) is 6.02. The summed E-state index contributed by atoms with van der Waals surface area (Å²) in [6.07, 6.45) is -0.345. The summed E-state index contributed by atoms with van der Waals surface area (Å²) in [6, 6.07) is 3.86. The van der Waals surface area contributed by atoms with Crippen LogP contribution in [0.25, 0.3) is 0 Å². The Morgan fingerprint density at radius 1 is 1.37 bits per heavy atom. The fourth-order valence-corrected chi connectivity index (χ4v) is 2.95. The van der Waals surface area contributed by atoms with Crippen molar-refractivity contribution in [3.05, 3.63) is 28.3 Å². The molecule has 1 aliphatic heterocycles. The molecule has 148 valence electrons.